The maximum Gasteiger partial charge on any atom is 0.279 e. The molecule has 11 heavy (non-hydrogen) atoms. The van der Waals surface area contributed by atoms with Gasteiger partial charge in [0.25, 0.3) is 5.91 Å². The Morgan fingerprint density at radius 2 is 2.64 bits per heavy atom. The second-order valence-corrected chi connectivity index (χ2v) is 1.82. The molecule has 6 nitrogen and oxygen atoms in total. The van der Waals surface area contributed by atoms with Gasteiger partial charge in [-0.2, -0.15) is 0 Å². The SMILES string of the molecule is NCc1nocc1C(=O)NO. The Bertz CT molecular complexity index is 257. The third kappa shape index (κ3) is 1.36. The summed E-state index contributed by atoms with van der Waals surface area (Å²) in [5, 5.41) is 11.6. The Morgan fingerprint density at radius 3 is 3.18 bits per heavy atom. The van der Waals surface area contributed by atoms with Gasteiger partial charge in [0, 0.05) is 6.54 Å². The van der Waals surface area contributed by atoms with Crippen molar-refractivity contribution in [2.75, 3.05) is 0 Å². The summed E-state index contributed by atoms with van der Waals surface area (Å²) in [6.45, 7) is 0.0965. The molecule has 60 valence electrons. The lowest BCUT2D eigenvalue weighted by Gasteiger charge is -1.93. The first kappa shape index (κ1) is 7.70. The molecule has 1 rings (SSSR count). The van der Waals surface area contributed by atoms with Gasteiger partial charge in [0.05, 0.1) is 0 Å². The molecule has 1 heterocycles. The van der Waals surface area contributed by atoms with Crippen molar-refractivity contribution in [1.29, 1.82) is 0 Å². The van der Waals surface area contributed by atoms with Gasteiger partial charge < -0.3 is 10.3 Å². The fourth-order valence-corrected chi connectivity index (χ4v) is 0.652. The van der Waals surface area contributed by atoms with E-state index >= 15 is 0 Å². The second-order valence-electron chi connectivity index (χ2n) is 1.82. The van der Waals surface area contributed by atoms with Gasteiger partial charge >= 0.3 is 0 Å². The lowest BCUT2D eigenvalue weighted by atomic mass is 10.2. The van der Waals surface area contributed by atoms with Crippen molar-refractivity contribution < 1.29 is 14.5 Å². The molecule has 0 aliphatic rings. The van der Waals surface area contributed by atoms with E-state index in [0.717, 1.165) is 6.26 Å². The number of hydroxylamine groups is 1. The summed E-state index contributed by atoms with van der Waals surface area (Å²) in [5.41, 5.74) is 7.12. The minimum Gasteiger partial charge on any atom is -0.364 e. The molecule has 1 aromatic heterocycles. The van der Waals surface area contributed by atoms with Crippen LogP contribution in [0.15, 0.2) is 10.8 Å². The molecule has 0 aliphatic heterocycles. The van der Waals surface area contributed by atoms with Crippen molar-refractivity contribution in [3.05, 3.63) is 17.5 Å². The lowest BCUT2D eigenvalue weighted by molar-refractivity contribution is 0.0704. The number of rotatable bonds is 2. The zero-order chi connectivity index (χ0) is 8.27. The minimum absolute atomic E-state index is 0.0965. The molecule has 0 saturated carbocycles. The molecule has 0 aliphatic carbocycles. The topological polar surface area (TPSA) is 101 Å². The van der Waals surface area contributed by atoms with Crippen LogP contribution in [0, 0.1) is 0 Å². The van der Waals surface area contributed by atoms with Crippen molar-refractivity contribution in [1.82, 2.24) is 10.6 Å². The number of aromatic nitrogens is 1. The first-order chi connectivity index (χ1) is 5.29. The van der Waals surface area contributed by atoms with Crippen molar-refractivity contribution in [2.24, 2.45) is 5.73 Å². The molecule has 1 amide bonds. The number of amides is 1. The highest BCUT2D eigenvalue weighted by molar-refractivity contribution is 5.93. The van der Waals surface area contributed by atoms with Crippen LogP contribution < -0.4 is 11.2 Å². The van der Waals surface area contributed by atoms with E-state index in [1.807, 2.05) is 0 Å². The third-order valence-electron chi connectivity index (χ3n) is 1.18. The van der Waals surface area contributed by atoms with Gasteiger partial charge in [-0.05, 0) is 0 Å². The van der Waals surface area contributed by atoms with Gasteiger partial charge in [0.2, 0.25) is 0 Å². The third-order valence-corrected chi connectivity index (χ3v) is 1.18. The van der Waals surface area contributed by atoms with Gasteiger partial charge in [-0.1, -0.05) is 5.16 Å². The van der Waals surface area contributed by atoms with Gasteiger partial charge in [-0.25, -0.2) is 5.48 Å². The maximum absolute atomic E-state index is 10.7. The van der Waals surface area contributed by atoms with E-state index < -0.39 is 5.91 Å². The standard InChI is InChI=1S/C5H7N3O3/c6-1-4-3(2-11-8-4)5(9)7-10/h2,10H,1,6H2,(H,7,9). The van der Waals surface area contributed by atoms with Crippen LogP contribution in [0.5, 0.6) is 0 Å². The molecule has 0 aromatic carbocycles. The second kappa shape index (κ2) is 3.13. The average molecular weight is 157 g/mol. The zero-order valence-electron chi connectivity index (χ0n) is 5.57. The molecule has 6 heteroatoms. The summed E-state index contributed by atoms with van der Waals surface area (Å²) >= 11 is 0. The molecule has 1 aromatic rings. The molecule has 4 N–H and O–H groups in total. The van der Waals surface area contributed by atoms with E-state index in [4.69, 9.17) is 10.9 Å². The summed E-state index contributed by atoms with van der Waals surface area (Å²) < 4.78 is 4.46. The van der Waals surface area contributed by atoms with Crippen molar-refractivity contribution in [2.45, 2.75) is 6.54 Å². The molecule has 0 unspecified atom stereocenters. The number of carbonyl (C=O) groups is 1. The lowest BCUT2D eigenvalue weighted by Crippen LogP contribution is -2.20. The highest BCUT2D eigenvalue weighted by Crippen LogP contribution is 2.04. The first-order valence-electron chi connectivity index (χ1n) is 2.87. The number of carbonyl (C=O) groups excluding carboxylic acids is 1. The van der Waals surface area contributed by atoms with Crippen molar-refractivity contribution >= 4 is 5.91 Å². The number of nitrogens with zero attached hydrogens (tertiary/aromatic N) is 1. The van der Waals surface area contributed by atoms with Crippen LogP contribution >= 0.6 is 0 Å². The molecular formula is C5H7N3O3. The quantitative estimate of drug-likeness (QED) is 0.387. The van der Waals surface area contributed by atoms with E-state index in [2.05, 4.69) is 9.68 Å². The van der Waals surface area contributed by atoms with Gasteiger partial charge in [0.15, 0.2) is 0 Å². The van der Waals surface area contributed by atoms with Crippen molar-refractivity contribution in [3.63, 3.8) is 0 Å². The molecule has 0 saturated heterocycles. The Labute approximate surface area is 61.9 Å². The summed E-state index contributed by atoms with van der Waals surface area (Å²) in [7, 11) is 0. The maximum atomic E-state index is 10.7. The van der Waals surface area contributed by atoms with E-state index in [9.17, 15) is 4.79 Å². The number of hydrogen-bond acceptors (Lipinski definition) is 5. The summed E-state index contributed by atoms with van der Waals surface area (Å²) in [5.74, 6) is -0.674. The van der Waals surface area contributed by atoms with Gasteiger partial charge in [-0.3, -0.25) is 10.0 Å². The Morgan fingerprint density at radius 1 is 1.91 bits per heavy atom. The van der Waals surface area contributed by atoms with Crippen LogP contribution in [0.2, 0.25) is 0 Å². The molecule has 0 spiro atoms. The average Bonchev–Trinajstić information content (AvgIpc) is 2.50. The zero-order valence-corrected chi connectivity index (χ0v) is 5.57. The fourth-order valence-electron chi connectivity index (χ4n) is 0.652. The van der Waals surface area contributed by atoms with Gasteiger partial charge in [0.1, 0.15) is 17.5 Å². The van der Waals surface area contributed by atoms with Crippen LogP contribution in [-0.4, -0.2) is 16.3 Å². The van der Waals surface area contributed by atoms with Crippen LogP contribution in [0.3, 0.4) is 0 Å². The molecular weight excluding hydrogens is 150 g/mol. The summed E-state index contributed by atoms with van der Waals surface area (Å²) in [6.07, 6.45) is 1.12. The Balaban J connectivity index is 2.92. The smallest absolute Gasteiger partial charge is 0.279 e. The van der Waals surface area contributed by atoms with Crippen LogP contribution in [0.25, 0.3) is 0 Å². The normalized spacial score (nSPS) is 9.64. The monoisotopic (exact) mass is 157 g/mol. The molecule has 0 bridgehead atoms. The van der Waals surface area contributed by atoms with Gasteiger partial charge in [-0.15, -0.1) is 0 Å². The number of hydrogen-bond donors (Lipinski definition) is 3. The Hall–Kier alpha value is -1.40. The van der Waals surface area contributed by atoms with E-state index in [-0.39, 0.29) is 12.1 Å². The first-order valence-corrected chi connectivity index (χ1v) is 2.87. The molecule has 0 fully saturated rings. The minimum atomic E-state index is -0.674. The fraction of sp³-hybridized carbons (Fsp3) is 0.200. The van der Waals surface area contributed by atoms with Crippen molar-refractivity contribution in [3.8, 4) is 0 Å². The number of nitrogens with two attached hydrogens (primary N) is 1. The predicted molar refractivity (Wildman–Crippen MR) is 33.6 cm³/mol. The largest absolute Gasteiger partial charge is 0.364 e. The van der Waals surface area contributed by atoms with E-state index in [1.54, 1.807) is 0 Å². The highest BCUT2D eigenvalue weighted by atomic mass is 16.5. The highest BCUT2D eigenvalue weighted by Gasteiger charge is 2.12. The van der Waals surface area contributed by atoms with Crippen LogP contribution in [0.4, 0.5) is 0 Å². The summed E-state index contributed by atoms with van der Waals surface area (Å²) in [4.78, 5) is 10.7. The molecule has 0 atom stereocenters. The van der Waals surface area contributed by atoms with E-state index in [0.29, 0.717) is 5.69 Å². The Kier molecular flexibility index (Phi) is 2.19. The van der Waals surface area contributed by atoms with E-state index in [1.165, 1.54) is 5.48 Å². The molecule has 0 radical (unpaired) electrons. The predicted octanol–water partition coefficient (Wildman–Crippen LogP) is -0.748. The van der Waals surface area contributed by atoms with Crippen LogP contribution in [0.1, 0.15) is 16.1 Å². The number of nitrogens with one attached hydrogen (secondary N) is 1. The summed E-state index contributed by atoms with van der Waals surface area (Å²) in [6, 6.07) is 0. The van der Waals surface area contributed by atoms with Crippen LogP contribution in [-0.2, 0) is 6.54 Å².